The van der Waals surface area contributed by atoms with Gasteiger partial charge in [0.15, 0.2) is 0 Å². The van der Waals surface area contributed by atoms with Crippen LogP contribution in [0.25, 0.3) is 11.0 Å². The maximum atomic E-state index is 12.4. The number of hydrogen-bond donors (Lipinski definition) is 1. The van der Waals surface area contributed by atoms with Crippen molar-refractivity contribution in [2.45, 2.75) is 78.3 Å². The lowest BCUT2D eigenvalue weighted by Crippen LogP contribution is -2.40. The zero-order valence-corrected chi connectivity index (χ0v) is 21.6. The SMILES string of the molecule is CC(C)OC(=O)CN1c2ccccc2NC1CCCCc1nc2ccccc2n1CC(=O)OC(C)C. The number of unbranched alkanes of at least 4 members (excludes halogenated alkanes) is 1. The topological polar surface area (TPSA) is 85.7 Å². The molecule has 192 valence electrons. The van der Waals surface area contributed by atoms with Crippen molar-refractivity contribution < 1.29 is 19.1 Å². The Hall–Kier alpha value is -3.55. The molecule has 2 heterocycles. The van der Waals surface area contributed by atoms with Crippen LogP contribution in [-0.2, 0) is 32.0 Å². The minimum Gasteiger partial charge on any atom is -0.462 e. The van der Waals surface area contributed by atoms with Gasteiger partial charge in [-0.15, -0.1) is 0 Å². The highest BCUT2D eigenvalue weighted by Gasteiger charge is 2.30. The molecule has 1 atom stereocenters. The summed E-state index contributed by atoms with van der Waals surface area (Å²) < 4.78 is 12.7. The van der Waals surface area contributed by atoms with E-state index in [1.165, 1.54) is 0 Å². The van der Waals surface area contributed by atoms with Crippen molar-refractivity contribution in [3.63, 3.8) is 0 Å². The number of para-hydroxylation sites is 4. The van der Waals surface area contributed by atoms with Gasteiger partial charge in [-0.1, -0.05) is 24.3 Å². The van der Waals surface area contributed by atoms with Crippen LogP contribution in [-0.4, -0.2) is 46.4 Å². The van der Waals surface area contributed by atoms with Gasteiger partial charge in [-0.2, -0.15) is 0 Å². The van der Waals surface area contributed by atoms with Gasteiger partial charge in [0.2, 0.25) is 0 Å². The number of carbonyl (C=O) groups excluding carboxylic acids is 2. The number of anilines is 2. The van der Waals surface area contributed by atoms with Crippen molar-refractivity contribution in [1.29, 1.82) is 0 Å². The van der Waals surface area contributed by atoms with Crippen LogP contribution in [0.15, 0.2) is 48.5 Å². The van der Waals surface area contributed by atoms with Gasteiger partial charge in [-0.25, -0.2) is 4.98 Å². The molecule has 0 saturated heterocycles. The second kappa shape index (κ2) is 11.5. The number of nitrogens with one attached hydrogen (secondary N) is 1. The van der Waals surface area contributed by atoms with Crippen LogP contribution in [0.3, 0.4) is 0 Å². The van der Waals surface area contributed by atoms with Crippen molar-refractivity contribution in [2.75, 3.05) is 16.8 Å². The molecule has 1 N–H and O–H groups in total. The Bertz CT molecular complexity index is 1200. The summed E-state index contributed by atoms with van der Waals surface area (Å²) in [4.78, 5) is 31.7. The number of rotatable bonds is 11. The molecule has 36 heavy (non-hydrogen) atoms. The summed E-state index contributed by atoms with van der Waals surface area (Å²) in [6.45, 7) is 7.79. The van der Waals surface area contributed by atoms with Crippen molar-refractivity contribution in [3.8, 4) is 0 Å². The maximum Gasteiger partial charge on any atom is 0.326 e. The van der Waals surface area contributed by atoms with Gasteiger partial charge in [-0.05, 0) is 71.2 Å². The average Bonchev–Trinajstić information content (AvgIpc) is 3.33. The molecule has 2 aromatic carbocycles. The van der Waals surface area contributed by atoms with E-state index in [4.69, 9.17) is 14.5 Å². The zero-order valence-electron chi connectivity index (χ0n) is 21.6. The van der Waals surface area contributed by atoms with E-state index in [1.54, 1.807) is 0 Å². The lowest BCUT2D eigenvalue weighted by molar-refractivity contribution is -0.148. The summed E-state index contributed by atoms with van der Waals surface area (Å²) >= 11 is 0. The normalized spacial score (nSPS) is 14.8. The van der Waals surface area contributed by atoms with Gasteiger partial charge in [-0.3, -0.25) is 9.59 Å². The summed E-state index contributed by atoms with van der Waals surface area (Å²) in [7, 11) is 0. The second-order valence-electron chi connectivity index (χ2n) is 9.73. The molecule has 0 fully saturated rings. The number of benzene rings is 2. The molecular weight excluding hydrogens is 456 g/mol. The van der Waals surface area contributed by atoms with Gasteiger partial charge in [0.25, 0.3) is 0 Å². The molecule has 1 aliphatic heterocycles. The monoisotopic (exact) mass is 492 g/mol. The number of ether oxygens (including phenoxy) is 2. The third-order valence-electron chi connectivity index (χ3n) is 6.09. The molecule has 0 saturated carbocycles. The van der Waals surface area contributed by atoms with Crippen LogP contribution in [0.2, 0.25) is 0 Å². The first-order valence-corrected chi connectivity index (χ1v) is 12.8. The molecule has 8 nitrogen and oxygen atoms in total. The van der Waals surface area contributed by atoms with Crippen LogP contribution >= 0.6 is 0 Å². The standard InChI is InChI=1S/C28H36N4O4/c1-19(2)35-27(33)17-31-23-13-7-5-11-21(23)29-25(31)15-9-10-16-26-30-22-12-6-8-14-24(22)32(26)18-28(34)36-20(3)4/h5-8,11-14,19-20,25,29H,9-10,15-18H2,1-4H3. The van der Waals surface area contributed by atoms with Gasteiger partial charge >= 0.3 is 11.9 Å². The van der Waals surface area contributed by atoms with E-state index < -0.39 is 0 Å². The van der Waals surface area contributed by atoms with Crippen molar-refractivity contribution in [1.82, 2.24) is 9.55 Å². The first-order valence-electron chi connectivity index (χ1n) is 12.8. The number of imidazole rings is 1. The summed E-state index contributed by atoms with van der Waals surface area (Å²) in [5, 5.41) is 3.56. The molecule has 0 aliphatic carbocycles. The molecule has 4 rings (SSSR count). The number of aromatic nitrogens is 2. The lowest BCUT2D eigenvalue weighted by Gasteiger charge is -2.26. The van der Waals surface area contributed by atoms with Crippen LogP contribution in [0.1, 0.15) is 52.8 Å². The quantitative estimate of drug-likeness (QED) is 0.301. The number of esters is 2. The maximum absolute atomic E-state index is 12.4. The van der Waals surface area contributed by atoms with E-state index >= 15 is 0 Å². The van der Waals surface area contributed by atoms with E-state index in [0.717, 1.165) is 53.9 Å². The molecule has 0 radical (unpaired) electrons. The molecule has 1 unspecified atom stereocenters. The minimum atomic E-state index is -0.258. The van der Waals surface area contributed by atoms with Crippen LogP contribution in [0, 0.1) is 0 Å². The van der Waals surface area contributed by atoms with Crippen molar-refractivity contribution in [3.05, 3.63) is 54.4 Å². The lowest BCUT2D eigenvalue weighted by atomic mass is 10.1. The highest BCUT2D eigenvalue weighted by molar-refractivity contribution is 5.83. The number of aryl methyl sites for hydroxylation is 1. The third kappa shape index (κ3) is 6.17. The molecular formula is C28H36N4O4. The van der Waals surface area contributed by atoms with Crippen LogP contribution in [0.5, 0.6) is 0 Å². The predicted molar refractivity (Wildman–Crippen MR) is 141 cm³/mol. The molecule has 1 aliphatic rings. The first kappa shape index (κ1) is 25.5. The largest absolute Gasteiger partial charge is 0.462 e. The Morgan fingerprint density at radius 2 is 1.58 bits per heavy atom. The summed E-state index contributed by atoms with van der Waals surface area (Å²) in [6.07, 6.45) is 3.17. The molecule has 0 bridgehead atoms. The smallest absolute Gasteiger partial charge is 0.326 e. The second-order valence-corrected chi connectivity index (χ2v) is 9.73. The van der Waals surface area contributed by atoms with Crippen molar-refractivity contribution in [2.24, 2.45) is 0 Å². The highest BCUT2D eigenvalue weighted by atomic mass is 16.5. The van der Waals surface area contributed by atoms with E-state index in [1.807, 2.05) is 80.8 Å². The first-order chi connectivity index (χ1) is 17.3. The zero-order chi connectivity index (χ0) is 25.7. The number of carbonyl (C=O) groups is 2. The van der Waals surface area contributed by atoms with Gasteiger partial charge in [0, 0.05) is 6.42 Å². The van der Waals surface area contributed by atoms with E-state index in [2.05, 4.69) is 10.2 Å². The minimum absolute atomic E-state index is 0.0157. The van der Waals surface area contributed by atoms with Gasteiger partial charge in [0.05, 0.1) is 40.8 Å². The van der Waals surface area contributed by atoms with Crippen molar-refractivity contribution >= 4 is 34.3 Å². The molecule has 0 amide bonds. The predicted octanol–water partition coefficient (Wildman–Crippen LogP) is 4.91. The third-order valence-corrected chi connectivity index (χ3v) is 6.09. The van der Waals surface area contributed by atoms with Gasteiger partial charge in [0.1, 0.15) is 18.9 Å². The molecule has 1 aromatic heterocycles. The number of nitrogens with zero attached hydrogens (tertiary/aromatic N) is 3. The highest BCUT2D eigenvalue weighted by Crippen LogP contribution is 2.35. The van der Waals surface area contributed by atoms with Crippen LogP contribution < -0.4 is 10.2 Å². The average molecular weight is 493 g/mol. The number of hydrogen-bond acceptors (Lipinski definition) is 7. The van der Waals surface area contributed by atoms with E-state index in [9.17, 15) is 9.59 Å². The van der Waals surface area contributed by atoms with Crippen LogP contribution in [0.4, 0.5) is 11.4 Å². The fourth-order valence-corrected chi connectivity index (χ4v) is 4.68. The number of fused-ring (bicyclic) bond motifs is 2. The van der Waals surface area contributed by atoms with Gasteiger partial charge < -0.3 is 24.3 Å². The fraction of sp³-hybridized carbons (Fsp3) is 0.464. The van der Waals surface area contributed by atoms with E-state index in [-0.39, 0.29) is 43.4 Å². The molecule has 0 spiro atoms. The van der Waals surface area contributed by atoms with E-state index in [0.29, 0.717) is 0 Å². The Morgan fingerprint density at radius 1 is 0.917 bits per heavy atom. The summed E-state index contributed by atoms with van der Waals surface area (Å²) in [5.74, 6) is 0.402. The molecule has 8 heteroatoms. The summed E-state index contributed by atoms with van der Waals surface area (Å²) in [6, 6.07) is 15.9. The Labute approximate surface area is 212 Å². The molecule has 3 aromatic rings. The Balaban J connectivity index is 1.40. The fourth-order valence-electron chi connectivity index (χ4n) is 4.68. The Kier molecular flexibility index (Phi) is 8.13. The summed E-state index contributed by atoms with van der Waals surface area (Å²) in [5.41, 5.74) is 3.88. The Morgan fingerprint density at radius 3 is 2.33 bits per heavy atom.